The molecule has 0 spiro atoms. The van der Waals surface area contributed by atoms with E-state index >= 15 is 0 Å². The molecular weight excluding hydrogens is 272 g/mol. The second-order valence-corrected chi connectivity index (χ2v) is 4.41. The van der Waals surface area contributed by atoms with Gasteiger partial charge in [0.1, 0.15) is 0 Å². The molecule has 0 saturated carbocycles. The van der Waals surface area contributed by atoms with Crippen LogP contribution in [0.25, 0.3) is 0 Å². The molecule has 2 amide bonds. The van der Waals surface area contributed by atoms with Gasteiger partial charge in [-0.15, -0.1) is 0 Å². The Morgan fingerprint density at radius 2 is 1.71 bits per heavy atom. The van der Waals surface area contributed by atoms with Gasteiger partial charge in [0.15, 0.2) is 5.78 Å². The molecule has 1 aromatic carbocycles. The largest absolute Gasteiger partial charge is 0.383 e. The van der Waals surface area contributed by atoms with E-state index in [0.29, 0.717) is 18.7 Å². The molecule has 1 rings (SSSR count). The van der Waals surface area contributed by atoms with Gasteiger partial charge in [0.2, 0.25) is 11.8 Å². The van der Waals surface area contributed by atoms with E-state index in [9.17, 15) is 14.4 Å². The molecule has 6 nitrogen and oxygen atoms in total. The van der Waals surface area contributed by atoms with Crippen LogP contribution in [0, 0.1) is 0 Å². The summed E-state index contributed by atoms with van der Waals surface area (Å²) < 4.78 is 4.79. The lowest BCUT2D eigenvalue weighted by Crippen LogP contribution is -2.38. The Balaban J connectivity index is 2.19. The van der Waals surface area contributed by atoms with Crippen LogP contribution in [0.5, 0.6) is 0 Å². The van der Waals surface area contributed by atoms with Gasteiger partial charge in [-0.25, -0.2) is 0 Å². The van der Waals surface area contributed by atoms with Gasteiger partial charge in [-0.1, -0.05) is 30.3 Å². The number of Topliss-reactive ketones (excluding diaryl/α,β-unsaturated/α-hetero) is 1. The highest BCUT2D eigenvalue weighted by Gasteiger charge is 2.09. The first kappa shape index (κ1) is 16.8. The number of hydrogen-bond donors (Lipinski definition) is 2. The van der Waals surface area contributed by atoms with Crippen molar-refractivity contribution in [3.05, 3.63) is 35.9 Å². The fourth-order valence-corrected chi connectivity index (χ4v) is 1.62. The summed E-state index contributed by atoms with van der Waals surface area (Å²) in [4.78, 5) is 34.7. The van der Waals surface area contributed by atoms with E-state index in [1.165, 1.54) is 7.11 Å². The Morgan fingerprint density at radius 1 is 1.00 bits per heavy atom. The molecule has 0 heterocycles. The summed E-state index contributed by atoms with van der Waals surface area (Å²) in [6.07, 6.45) is 0.195. The summed E-state index contributed by atoms with van der Waals surface area (Å²) in [5.74, 6) is -0.689. The summed E-state index contributed by atoms with van der Waals surface area (Å²) in [5.41, 5.74) is 0.586. The van der Waals surface area contributed by atoms with Crippen molar-refractivity contribution in [3.8, 4) is 0 Å². The summed E-state index contributed by atoms with van der Waals surface area (Å²) in [7, 11) is 1.54. The SMILES string of the molecule is COCCNC(=O)CNC(=O)CCC(=O)c1ccccc1. The lowest BCUT2D eigenvalue weighted by molar-refractivity contribution is -0.126. The standard InChI is InChI=1S/C15H20N2O4/c1-21-10-9-16-15(20)11-17-14(19)8-7-13(18)12-5-3-2-4-6-12/h2-6H,7-11H2,1H3,(H,16,20)(H,17,19). The molecule has 0 saturated heterocycles. The third-order valence-corrected chi connectivity index (χ3v) is 2.75. The first-order valence-electron chi connectivity index (χ1n) is 6.74. The lowest BCUT2D eigenvalue weighted by atomic mass is 10.1. The highest BCUT2D eigenvalue weighted by Crippen LogP contribution is 2.04. The molecule has 0 unspecified atom stereocenters. The average Bonchev–Trinajstić information content (AvgIpc) is 2.51. The van der Waals surface area contributed by atoms with Crippen LogP contribution in [0.3, 0.4) is 0 Å². The monoisotopic (exact) mass is 292 g/mol. The fraction of sp³-hybridized carbons (Fsp3) is 0.400. The van der Waals surface area contributed by atoms with Crippen LogP contribution in [0.1, 0.15) is 23.2 Å². The molecule has 21 heavy (non-hydrogen) atoms. The molecule has 0 aromatic heterocycles. The molecular formula is C15H20N2O4. The Kier molecular flexibility index (Phi) is 7.74. The van der Waals surface area contributed by atoms with E-state index in [2.05, 4.69) is 10.6 Å². The summed E-state index contributed by atoms with van der Waals surface area (Å²) >= 11 is 0. The number of nitrogens with one attached hydrogen (secondary N) is 2. The third-order valence-electron chi connectivity index (χ3n) is 2.75. The van der Waals surface area contributed by atoms with Gasteiger partial charge >= 0.3 is 0 Å². The van der Waals surface area contributed by atoms with Gasteiger partial charge in [-0.05, 0) is 0 Å². The number of amides is 2. The number of carbonyl (C=O) groups is 3. The second kappa shape index (κ2) is 9.66. The van der Waals surface area contributed by atoms with Crippen molar-refractivity contribution in [2.75, 3.05) is 26.8 Å². The first-order valence-corrected chi connectivity index (χ1v) is 6.74. The van der Waals surface area contributed by atoms with Gasteiger partial charge < -0.3 is 15.4 Å². The predicted octanol–water partition coefficient (Wildman–Crippen LogP) is 0.528. The van der Waals surface area contributed by atoms with Gasteiger partial charge in [0, 0.05) is 32.1 Å². The average molecular weight is 292 g/mol. The van der Waals surface area contributed by atoms with Crippen molar-refractivity contribution >= 4 is 17.6 Å². The number of hydrogen-bond acceptors (Lipinski definition) is 4. The zero-order valence-electron chi connectivity index (χ0n) is 12.1. The van der Waals surface area contributed by atoms with Crippen LogP contribution in [-0.2, 0) is 14.3 Å². The van der Waals surface area contributed by atoms with Crippen molar-refractivity contribution in [2.24, 2.45) is 0 Å². The zero-order valence-corrected chi connectivity index (χ0v) is 12.1. The molecule has 0 aliphatic carbocycles. The van der Waals surface area contributed by atoms with Crippen LogP contribution < -0.4 is 10.6 Å². The molecule has 6 heteroatoms. The summed E-state index contributed by atoms with van der Waals surface area (Å²) in [6.45, 7) is 0.727. The van der Waals surface area contributed by atoms with Crippen LogP contribution in [0.15, 0.2) is 30.3 Å². The molecule has 114 valence electrons. The van der Waals surface area contributed by atoms with Crippen LogP contribution >= 0.6 is 0 Å². The van der Waals surface area contributed by atoms with Gasteiger partial charge in [0.25, 0.3) is 0 Å². The van der Waals surface area contributed by atoms with E-state index < -0.39 is 0 Å². The molecule has 0 aliphatic heterocycles. The Morgan fingerprint density at radius 3 is 2.38 bits per heavy atom. The Labute approximate surface area is 123 Å². The number of benzene rings is 1. The molecule has 2 N–H and O–H groups in total. The van der Waals surface area contributed by atoms with E-state index in [1.807, 2.05) is 6.07 Å². The lowest BCUT2D eigenvalue weighted by Gasteiger charge is -2.06. The Hall–Kier alpha value is -2.21. The Bertz CT molecular complexity index is 474. The highest BCUT2D eigenvalue weighted by molar-refractivity contribution is 5.98. The van der Waals surface area contributed by atoms with Crippen LogP contribution in [-0.4, -0.2) is 44.4 Å². The molecule has 0 fully saturated rings. The van der Waals surface area contributed by atoms with Gasteiger partial charge in [0.05, 0.1) is 13.2 Å². The second-order valence-electron chi connectivity index (χ2n) is 4.41. The minimum absolute atomic E-state index is 0.0685. The maximum absolute atomic E-state index is 11.8. The normalized spacial score (nSPS) is 9.95. The topological polar surface area (TPSA) is 84.5 Å². The van der Waals surface area contributed by atoms with E-state index in [4.69, 9.17) is 4.74 Å². The first-order chi connectivity index (χ1) is 10.1. The number of methoxy groups -OCH3 is 1. The van der Waals surface area contributed by atoms with E-state index in [1.54, 1.807) is 24.3 Å². The molecule has 1 aromatic rings. The van der Waals surface area contributed by atoms with Crippen LogP contribution in [0.4, 0.5) is 0 Å². The van der Waals surface area contributed by atoms with Crippen molar-refractivity contribution < 1.29 is 19.1 Å². The van der Waals surface area contributed by atoms with E-state index in [0.717, 1.165) is 0 Å². The van der Waals surface area contributed by atoms with Crippen molar-refractivity contribution in [2.45, 2.75) is 12.8 Å². The van der Waals surface area contributed by atoms with Crippen molar-refractivity contribution in [1.82, 2.24) is 10.6 Å². The maximum atomic E-state index is 11.8. The van der Waals surface area contributed by atoms with Gasteiger partial charge in [-0.3, -0.25) is 14.4 Å². The molecule has 0 bridgehead atoms. The fourth-order valence-electron chi connectivity index (χ4n) is 1.62. The zero-order chi connectivity index (χ0) is 15.5. The van der Waals surface area contributed by atoms with E-state index in [-0.39, 0.29) is 37.0 Å². The number of ketones is 1. The summed E-state index contributed by atoms with van der Waals surface area (Å²) in [5, 5.41) is 5.06. The van der Waals surface area contributed by atoms with Crippen molar-refractivity contribution in [3.63, 3.8) is 0 Å². The molecule has 0 aliphatic rings. The predicted molar refractivity (Wildman–Crippen MR) is 77.9 cm³/mol. The number of carbonyl (C=O) groups excluding carboxylic acids is 3. The minimum atomic E-state index is -0.318. The molecule has 0 atom stereocenters. The van der Waals surface area contributed by atoms with Crippen molar-refractivity contribution in [1.29, 1.82) is 0 Å². The smallest absolute Gasteiger partial charge is 0.239 e. The van der Waals surface area contributed by atoms with Gasteiger partial charge in [-0.2, -0.15) is 0 Å². The number of rotatable bonds is 9. The maximum Gasteiger partial charge on any atom is 0.239 e. The third kappa shape index (κ3) is 7.22. The quantitative estimate of drug-likeness (QED) is 0.513. The van der Waals surface area contributed by atoms with Crippen LogP contribution in [0.2, 0.25) is 0 Å². The highest BCUT2D eigenvalue weighted by atomic mass is 16.5. The summed E-state index contributed by atoms with van der Waals surface area (Å²) in [6, 6.07) is 8.80. The minimum Gasteiger partial charge on any atom is -0.383 e. The number of ether oxygens (including phenoxy) is 1. The molecule has 0 radical (unpaired) electrons.